The highest BCUT2D eigenvalue weighted by atomic mass is 16.4. The van der Waals surface area contributed by atoms with Gasteiger partial charge in [-0.15, -0.1) is 0 Å². The second-order valence-electron chi connectivity index (χ2n) is 4.73. The fourth-order valence-electron chi connectivity index (χ4n) is 1.81. The van der Waals surface area contributed by atoms with Crippen LogP contribution < -0.4 is 5.32 Å². The van der Waals surface area contributed by atoms with E-state index >= 15 is 0 Å². The van der Waals surface area contributed by atoms with E-state index in [2.05, 4.69) is 10.4 Å². The van der Waals surface area contributed by atoms with Crippen molar-refractivity contribution in [3.8, 4) is 5.69 Å². The molecule has 2 rings (SSSR count). The molecule has 0 spiro atoms. The van der Waals surface area contributed by atoms with Gasteiger partial charge in [-0.2, -0.15) is 5.10 Å². The predicted octanol–water partition coefficient (Wildman–Crippen LogP) is 1.25. The summed E-state index contributed by atoms with van der Waals surface area (Å²) in [6, 6.07) is 9.71. The molecule has 1 aromatic heterocycles. The molecule has 2 N–H and O–H groups in total. The highest BCUT2D eigenvalue weighted by Gasteiger charge is 2.19. The number of nitrogens with zero attached hydrogens (tertiary/aromatic N) is 2. The number of hydrogen-bond donors (Lipinski definition) is 2. The van der Waals surface area contributed by atoms with E-state index in [9.17, 15) is 9.59 Å². The minimum absolute atomic E-state index is 0.386. The molecule has 0 aliphatic rings. The first kappa shape index (κ1) is 14.8. The van der Waals surface area contributed by atoms with Gasteiger partial charge in [0.05, 0.1) is 11.9 Å². The molecule has 2 aromatic rings. The topological polar surface area (TPSA) is 84.2 Å². The van der Waals surface area contributed by atoms with Crippen molar-refractivity contribution in [2.24, 2.45) is 5.92 Å². The molecule has 0 saturated heterocycles. The third-order valence-corrected chi connectivity index (χ3v) is 3.13. The Balaban J connectivity index is 1.87. The lowest BCUT2D eigenvalue weighted by molar-refractivity contribution is -0.146. The fourth-order valence-corrected chi connectivity index (χ4v) is 1.81. The van der Waals surface area contributed by atoms with Gasteiger partial charge >= 0.3 is 5.97 Å². The number of benzene rings is 1. The summed E-state index contributed by atoms with van der Waals surface area (Å²) in [4.78, 5) is 22.1. The van der Waals surface area contributed by atoms with E-state index < -0.39 is 17.8 Å². The molecule has 110 valence electrons. The Bertz CT molecular complexity index is 622. The van der Waals surface area contributed by atoms with Gasteiger partial charge in [-0.3, -0.25) is 9.59 Å². The second kappa shape index (κ2) is 6.69. The van der Waals surface area contributed by atoms with Crippen molar-refractivity contribution >= 4 is 11.9 Å². The Hall–Kier alpha value is -2.63. The van der Waals surface area contributed by atoms with Crippen LogP contribution in [0.5, 0.6) is 0 Å². The number of carboxylic acids is 1. The SMILES string of the molecule is CC(C(=O)O)C(=O)NCCc1cnn(-c2ccccc2)c1. The second-order valence-corrected chi connectivity index (χ2v) is 4.73. The van der Waals surface area contributed by atoms with Gasteiger partial charge in [0, 0.05) is 12.7 Å². The Kier molecular flexibility index (Phi) is 4.71. The molecule has 0 fully saturated rings. The molecule has 21 heavy (non-hydrogen) atoms. The van der Waals surface area contributed by atoms with Gasteiger partial charge in [-0.1, -0.05) is 18.2 Å². The summed E-state index contributed by atoms with van der Waals surface area (Å²) in [5.41, 5.74) is 1.94. The zero-order valence-corrected chi connectivity index (χ0v) is 11.7. The first-order valence-corrected chi connectivity index (χ1v) is 6.67. The molecular formula is C15H17N3O3. The number of aliphatic carboxylic acids is 1. The standard InChI is InChI=1S/C15H17N3O3/c1-11(15(20)21)14(19)16-8-7-12-9-17-18(10-12)13-5-3-2-4-6-13/h2-6,9-11H,7-8H2,1H3,(H,16,19)(H,20,21). The lowest BCUT2D eigenvalue weighted by Gasteiger charge is -2.07. The lowest BCUT2D eigenvalue weighted by atomic mass is 10.1. The first-order chi connectivity index (χ1) is 10.1. The zero-order valence-electron chi connectivity index (χ0n) is 11.7. The molecule has 6 heteroatoms. The van der Waals surface area contributed by atoms with Crippen molar-refractivity contribution in [2.45, 2.75) is 13.3 Å². The van der Waals surface area contributed by atoms with Crippen molar-refractivity contribution in [1.29, 1.82) is 0 Å². The first-order valence-electron chi connectivity index (χ1n) is 6.67. The molecule has 0 saturated carbocycles. The molecule has 1 heterocycles. The monoisotopic (exact) mass is 287 g/mol. The number of hydrogen-bond acceptors (Lipinski definition) is 3. The smallest absolute Gasteiger partial charge is 0.315 e. The minimum Gasteiger partial charge on any atom is -0.481 e. The van der Waals surface area contributed by atoms with Crippen molar-refractivity contribution in [1.82, 2.24) is 15.1 Å². The zero-order chi connectivity index (χ0) is 15.2. The Morgan fingerprint density at radius 1 is 1.33 bits per heavy atom. The van der Waals surface area contributed by atoms with Gasteiger partial charge in [0.1, 0.15) is 5.92 Å². The van der Waals surface area contributed by atoms with E-state index in [1.165, 1.54) is 6.92 Å². The van der Waals surface area contributed by atoms with E-state index in [4.69, 9.17) is 5.11 Å². The molecule has 0 bridgehead atoms. The van der Waals surface area contributed by atoms with E-state index in [0.717, 1.165) is 11.3 Å². The summed E-state index contributed by atoms with van der Waals surface area (Å²) in [7, 11) is 0. The molecule has 0 aliphatic carbocycles. The van der Waals surface area contributed by atoms with Crippen LogP contribution in [0.25, 0.3) is 5.69 Å². The lowest BCUT2D eigenvalue weighted by Crippen LogP contribution is -2.34. The van der Waals surface area contributed by atoms with Gasteiger partial charge in [-0.25, -0.2) is 4.68 Å². The fraction of sp³-hybridized carbons (Fsp3) is 0.267. The summed E-state index contributed by atoms with van der Waals surface area (Å²) in [5.74, 6) is -2.63. The number of rotatable bonds is 6. The third kappa shape index (κ3) is 3.92. The summed E-state index contributed by atoms with van der Waals surface area (Å²) in [5, 5.41) is 15.6. The molecule has 0 aliphatic heterocycles. The Labute approximate surface area is 122 Å². The van der Waals surface area contributed by atoms with Crippen molar-refractivity contribution in [3.63, 3.8) is 0 Å². The molecule has 1 atom stereocenters. The molecule has 6 nitrogen and oxygen atoms in total. The summed E-state index contributed by atoms with van der Waals surface area (Å²) in [6.45, 7) is 1.75. The number of nitrogens with one attached hydrogen (secondary N) is 1. The largest absolute Gasteiger partial charge is 0.481 e. The van der Waals surface area contributed by atoms with Crippen LogP contribution in [0.3, 0.4) is 0 Å². The number of aromatic nitrogens is 2. The van der Waals surface area contributed by atoms with E-state index in [1.54, 1.807) is 10.9 Å². The molecule has 1 aromatic carbocycles. The Morgan fingerprint density at radius 2 is 2.05 bits per heavy atom. The molecule has 1 unspecified atom stereocenters. The van der Waals surface area contributed by atoms with Gasteiger partial charge in [-0.05, 0) is 31.0 Å². The van der Waals surface area contributed by atoms with Crippen LogP contribution in [-0.2, 0) is 16.0 Å². The van der Waals surface area contributed by atoms with Crippen LogP contribution in [0, 0.1) is 5.92 Å². The maximum atomic E-state index is 11.5. The van der Waals surface area contributed by atoms with Crippen LogP contribution in [0.2, 0.25) is 0 Å². The minimum atomic E-state index is -1.12. The normalized spacial score (nSPS) is 11.9. The summed E-state index contributed by atoms with van der Waals surface area (Å²) < 4.78 is 1.76. The maximum Gasteiger partial charge on any atom is 0.315 e. The van der Waals surface area contributed by atoms with Crippen LogP contribution >= 0.6 is 0 Å². The van der Waals surface area contributed by atoms with Gasteiger partial charge < -0.3 is 10.4 Å². The van der Waals surface area contributed by atoms with Crippen molar-refractivity contribution in [3.05, 3.63) is 48.3 Å². The van der Waals surface area contributed by atoms with Crippen LogP contribution in [0.15, 0.2) is 42.7 Å². The number of amides is 1. The highest BCUT2D eigenvalue weighted by Crippen LogP contribution is 2.07. The van der Waals surface area contributed by atoms with Crippen LogP contribution in [0.4, 0.5) is 0 Å². The number of carbonyl (C=O) groups is 2. The number of para-hydroxylation sites is 1. The Morgan fingerprint density at radius 3 is 2.71 bits per heavy atom. The summed E-state index contributed by atoms with van der Waals surface area (Å²) in [6.07, 6.45) is 4.23. The summed E-state index contributed by atoms with van der Waals surface area (Å²) >= 11 is 0. The molecule has 1 amide bonds. The third-order valence-electron chi connectivity index (χ3n) is 3.13. The van der Waals surface area contributed by atoms with E-state index in [-0.39, 0.29) is 0 Å². The van der Waals surface area contributed by atoms with Gasteiger partial charge in [0.25, 0.3) is 0 Å². The maximum absolute atomic E-state index is 11.5. The predicted molar refractivity (Wildman–Crippen MR) is 77.1 cm³/mol. The van der Waals surface area contributed by atoms with Crippen LogP contribution in [-0.4, -0.2) is 33.3 Å². The average Bonchev–Trinajstić information content (AvgIpc) is 2.96. The van der Waals surface area contributed by atoms with E-state index in [1.807, 2.05) is 36.5 Å². The average molecular weight is 287 g/mol. The van der Waals surface area contributed by atoms with Gasteiger partial charge in [0.15, 0.2) is 0 Å². The number of carboxylic acid groups (broad SMARTS) is 1. The van der Waals surface area contributed by atoms with E-state index in [0.29, 0.717) is 13.0 Å². The highest BCUT2D eigenvalue weighted by molar-refractivity contribution is 5.96. The van der Waals surface area contributed by atoms with Crippen molar-refractivity contribution in [2.75, 3.05) is 6.54 Å². The molecule has 0 radical (unpaired) electrons. The van der Waals surface area contributed by atoms with Gasteiger partial charge in [0.2, 0.25) is 5.91 Å². The number of carbonyl (C=O) groups excluding carboxylic acids is 1. The van der Waals surface area contributed by atoms with Crippen LogP contribution in [0.1, 0.15) is 12.5 Å². The quantitative estimate of drug-likeness (QED) is 0.783. The molecular weight excluding hydrogens is 270 g/mol. The van der Waals surface area contributed by atoms with Crippen molar-refractivity contribution < 1.29 is 14.7 Å².